The van der Waals surface area contributed by atoms with Gasteiger partial charge >= 0.3 is 0 Å². The maximum atomic E-state index is 10.9. The van der Waals surface area contributed by atoms with Crippen molar-refractivity contribution in [2.75, 3.05) is 6.61 Å². The van der Waals surface area contributed by atoms with Crippen LogP contribution in [0.2, 0.25) is 0 Å². The van der Waals surface area contributed by atoms with E-state index in [1.165, 1.54) is 17.7 Å². The van der Waals surface area contributed by atoms with Gasteiger partial charge in [-0.15, -0.1) is 0 Å². The molecule has 0 N–H and O–H groups in total. The second kappa shape index (κ2) is 9.02. The molecule has 136 valence electrons. The van der Waals surface area contributed by atoms with Crippen molar-refractivity contribution in [1.29, 1.82) is 0 Å². The molecule has 0 spiro atoms. The zero-order valence-corrected chi connectivity index (χ0v) is 15.6. The van der Waals surface area contributed by atoms with Gasteiger partial charge in [-0.3, -0.25) is 0 Å². The highest BCUT2D eigenvalue weighted by molar-refractivity contribution is 7.85. The first-order chi connectivity index (χ1) is 11.9. The van der Waals surface area contributed by atoms with Gasteiger partial charge in [0, 0.05) is 0 Å². The van der Waals surface area contributed by atoms with Crippen LogP contribution < -0.4 is 4.74 Å². The van der Waals surface area contributed by atoms with Crippen LogP contribution in [0.5, 0.6) is 5.75 Å². The predicted molar refractivity (Wildman–Crippen MR) is 98.0 cm³/mol. The molecule has 2 aromatic rings. The number of hydrogen-bond acceptors (Lipinski definition) is 4. The van der Waals surface area contributed by atoms with E-state index in [-0.39, 0.29) is 4.90 Å². The lowest BCUT2D eigenvalue weighted by molar-refractivity contribution is 0.307. The number of ether oxygens (including phenoxy) is 1. The lowest BCUT2D eigenvalue weighted by atomic mass is 9.99. The first-order valence-electron chi connectivity index (χ1n) is 8.67. The number of unbranched alkanes of at least 4 members (excludes halogenated alkanes) is 1. The molecule has 1 atom stereocenters. The molecule has 2 aromatic carbocycles. The third-order valence-electron chi connectivity index (χ3n) is 4.40. The molecule has 0 aliphatic heterocycles. The fourth-order valence-electron chi connectivity index (χ4n) is 2.57. The summed E-state index contributed by atoms with van der Waals surface area (Å²) in [6.45, 7) is 5.05. The monoisotopic (exact) mass is 361 g/mol. The molecule has 0 aliphatic rings. The molecule has 0 aromatic heterocycles. The maximum absolute atomic E-state index is 10.9. The molecule has 2 rings (SSSR count). The third kappa shape index (κ3) is 6.18. The topological polar surface area (TPSA) is 66.4 Å². The molecule has 5 heteroatoms. The highest BCUT2D eigenvalue weighted by Crippen LogP contribution is 2.21. The summed E-state index contributed by atoms with van der Waals surface area (Å²) in [5.74, 6) is 1.45. The zero-order chi connectivity index (χ0) is 18.3. The van der Waals surface area contributed by atoms with Gasteiger partial charge < -0.3 is 9.29 Å². The smallest absolute Gasteiger partial charge is 0.124 e. The van der Waals surface area contributed by atoms with Crippen LogP contribution in [-0.2, 0) is 16.5 Å². The van der Waals surface area contributed by atoms with Gasteiger partial charge in [0.2, 0.25) is 0 Å². The zero-order valence-electron chi connectivity index (χ0n) is 14.8. The number of aryl methyl sites for hydroxylation is 1. The summed E-state index contributed by atoms with van der Waals surface area (Å²) in [4.78, 5) is -0.180. The summed E-state index contributed by atoms with van der Waals surface area (Å²) in [5.41, 5.74) is 2.35. The fraction of sp³-hybridized carbons (Fsp3) is 0.400. The Morgan fingerprint density at radius 1 is 1.00 bits per heavy atom. The van der Waals surface area contributed by atoms with Crippen LogP contribution in [0.3, 0.4) is 0 Å². The van der Waals surface area contributed by atoms with Gasteiger partial charge in [0.25, 0.3) is 0 Å². The lowest BCUT2D eigenvalue weighted by Gasteiger charge is -2.11. The van der Waals surface area contributed by atoms with Gasteiger partial charge in [-0.05, 0) is 67.0 Å². The first-order valence-corrected chi connectivity index (χ1v) is 10.1. The van der Waals surface area contributed by atoms with Crippen LogP contribution in [0.15, 0.2) is 53.4 Å². The Morgan fingerprint density at radius 3 is 2.20 bits per heavy atom. The van der Waals surface area contributed by atoms with Gasteiger partial charge in [-0.25, -0.2) is 8.42 Å². The highest BCUT2D eigenvalue weighted by Gasteiger charge is 2.03. The minimum Gasteiger partial charge on any atom is -0.744 e. The number of rotatable bonds is 9. The Balaban J connectivity index is 1.71. The largest absolute Gasteiger partial charge is 0.744 e. The molecule has 0 bridgehead atoms. The summed E-state index contributed by atoms with van der Waals surface area (Å²) >= 11 is 0. The van der Waals surface area contributed by atoms with Gasteiger partial charge in [-0.1, -0.05) is 38.1 Å². The van der Waals surface area contributed by atoms with Crippen LogP contribution in [-0.4, -0.2) is 19.6 Å². The SMILES string of the molecule is CCC(C)c1ccc(OCCCCc2ccc(S(=O)(=O)[O-])cc2)cc1. The van der Waals surface area contributed by atoms with Crippen molar-refractivity contribution in [1.82, 2.24) is 0 Å². The highest BCUT2D eigenvalue weighted by atomic mass is 32.2. The quantitative estimate of drug-likeness (QED) is 0.487. The molecule has 4 nitrogen and oxygen atoms in total. The van der Waals surface area contributed by atoms with E-state index in [0.29, 0.717) is 12.5 Å². The third-order valence-corrected chi connectivity index (χ3v) is 5.25. The van der Waals surface area contributed by atoms with Gasteiger partial charge in [0.15, 0.2) is 0 Å². The fourth-order valence-corrected chi connectivity index (χ4v) is 3.04. The van der Waals surface area contributed by atoms with E-state index in [1.807, 2.05) is 12.1 Å². The van der Waals surface area contributed by atoms with Crippen molar-refractivity contribution in [3.63, 3.8) is 0 Å². The van der Waals surface area contributed by atoms with Crippen LogP contribution >= 0.6 is 0 Å². The standard InChI is InChI=1S/C20H26O4S/c1-3-16(2)18-9-11-19(12-10-18)24-15-5-4-6-17-7-13-20(14-8-17)25(21,22)23/h7-14,16H,3-6,15H2,1-2H3,(H,21,22,23)/p-1. The molecule has 0 saturated heterocycles. The van der Waals surface area contributed by atoms with Crippen LogP contribution in [0, 0.1) is 0 Å². The van der Waals surface area contributed by atoms with E-state index < -0.39 is 10.1 Å². The Morgan fingerprint density at radius 2 is 1.64 bits per heavy atom. The van der Waals surface area contributed by atoms with Crippen molar-refractivity contribution >= 4 is 10.1 Å². The maximum Gasteiger partial charge on any atom is 0.124 e. The van der Waals surface area contributed by atoms with Crippen molar-refractivity contribution in [2.24, 2.45) is 0 Å². The summed E-state index contributed by atoms with van der Waals surface area (Å²) in [7, 11) is -4.36. The number of hydrogen-bond donors (Lipinski definition) is 0. The van der Waals surface area contributed by atoms with Gasteiger partial charge in [0.05, 0.1) is 11.5 Å². The Kier molecular flexibility index (Phi) is 7.02. The van der Waals surface area contributed by atoms with Crippen LogP contribution in [0.4, 0.5) is 0 Å². The predicted octanol–water partition coefficient (Wildman–Crippen LogP) is 4.51. The first kappa shape index (κ1) is 19.5. The summed E-state index contributed by atoms with van der Waals surface area (Å²) in [5, 5.41) is 0. The van der Waals surface area contributed by atoms with E-state index in [0.717, 1.165) is 37.0 Å². The minimum atomic E-state index is -4.36. The van der Waals surface area contributed by atoms with E-state index in [2.05, 4.69) is 26.0 Å². The molecule has 1 unspecified atom stereocenters. The van der Waals surface area contributed by atoms with Crippen molar-refractivity contribution in [3.8, 4) is 5.75 Å². The molecule has 0 fully saturated rings. The minimum absolute atomic E-state index is 0.180. The van der Waals surface area contributed by atoms with Crippen LogP contribution in [0.25, 0.3) is 0 Å². The molecule has 0 radical (unpaired) electrons. The van der Waals surface area contributed by atoms with Crippen LogP contribution in [0.1, 0.15) is 50.2 Å². The molecule has 25 heavy (non-hydrogen) atoms. The summed E-state index contributed by atoms with van der Waals surface area (Å²) < 4.78 is 38.4. The molecule has 0 aliphatic carbocycles. The number of benzene rings is 2. The second-order valence-electron chi connectivity index (χ2n) is 6.28. The average Bonchev–Trinajstić information content (AvgIpc) is 2.61. The van der Waals surface area contributed by atoms with Gasteiger partial charge in [-0.2, -0.15) is 0 Å². The lowest BCUT2D eigenvalue weighted by Crippen LogP contribution is -2.00. The molecule has 0 amide bonds. The average molecular weight is 361 g/mol. The van der Waals surface area contributed by atoms with Gasteiger partial charge in [0.1, 0.15) is 15.9 Å². The summed E-state index contributed by atoms with van der Waals surface area (Å²) in [6.07, 6.45) is 3.81. The van der Waals surface area contributed by atoms with Crippen molar-refractivity contribution in [3.05, 3.63) is 59.7 Å². The molecular weight excluding hydrogens is 336 g/mol. The normalized spacial score (nSPS) is 12.8. The van der Waals surface area contributed by atoms with Crippen molar-refractivity contribution < 1.29 is 17.7 Å². The van der Waals surface area contributed by atoms with E-state index in [1.54, 1.807) is 12.1 Å². The van der Waals surface area contributed by atoms with E-state index >= 15 is 0 Å². The molecular formula is C20H25O4S-. The second-order valence-corrected chi connectivity index (χ2v) is 7.66. The summed E-state index contributed by atoms with van der Waals surface area (Å²) in [6, 6.07) is 14.4. The Hall–Kier alpha value is -1.85. The Bertz CT molecular complexity index is 749. The van der Waals surface area contributed by atoms with E-state index in [4.69, 9.17) is 4.74 Å². The van der Waals surface area contributed by atoms with E-state index in [9.17, 15) is 13.0 Å². The Labute approximate surface area is 150 Å². The van der Waals surface area contributed by atoms with Crippen molar-refractivity contribution in [2.45, 2.75) is 50.3 Å². The molecule has 0 heterocycles. The molecule has 0 saturated carbocycles.